The molecule has 0 spiro atoms. The van der Waals surface area contributed by atoms with Crippen LogP contribution < -0.4 is 10.2 Å². The Labute approximate surface area is 150 Å². The number of nitrogens with zero attached hydrogens (tertiary/aromatic N) is 3. The summed E-state index contributed by atoms with van der Waals surface area (Å²) in [6, 6.07) is 7.34. The molecule has 1 aromatic carbocycles. The van der Waals surface area contributed by atoms with Crippen LogP contribution in [-0.4, -0.2) is 48.9 Å². The number of rotatable bonds is 5. The van der Waals surface area contributed by atoms with Gasteiger partial charge in [0, 0.05) is 37.7 Å². The van der Waals surface area contributed by atoms with Crippen molar-refractivity contribution in [1.29, 1.82) is 0 Å². The molecule has 1 aliphatic heterocycles. The summed E-state index contributed by atoms with van der Waals surface area (Å²) in [5, 5.41) is 4.84. The van der Waals surface area contributed by atoms with Gasteiger partial charge in [0.2, 0.25) is 5.95 Å². The minimum absolute atomic E-state index is 0.392. The van der Waals surface area contributed by atoms with E-state index in [0.29, 0.717) is 12.1 Å². The summed E-state index contributed by atoms with van der Waals surface area (Å²) in [4.78, 5) is 12.0. The molecule has 136 valence electrons. The minimum atomic E-state index is 0.392. The van der Waals surface area contributed by atoms with Crippen LogP contribution in [-0.2, 0) is 4.74 Å². The van der Waals surface area contributed by atoms with Crippen LogP contribution in [0.2, 0.25) is 0 Å². The molecule has 1 aromatic heterocycles. The van der Waals surface area contributed by atoms with Crippen LogP contribution in [0.4, 0.5) is 5.95 Å². The predicted octanol–water partition coefficient (Wildman–Crippen LogP) is 3.23. The molecule has 1 fully saturated rings. The molecule has 3 rings (SSSR count). The Morgan fingerprint density at radius 1 is 1.24 bits per heavy atom. The zero-order valence-corrected chi connectivity index (χ0v) is 15.9. The van der Waals surface area contributed by atoms with Crippen LogP contribution in [0.25, 0.3) is 10.9 Å². The lowest BCUT2D eigenvalue weighted by Gasteiger charge is -2.23. The minimum Gasteiger partial charge on any atom is -0.383 e. The topological polar surface area (TPSA) is 50.3 Å². The van der Waals surface area contributed by atoms with E-state index in [-0.39, 0.29) is 0 Å². The van der Waals surface area contributed by atoms with Gasteiger partial charge < -0.3 is 15.0 Å². The first kappa shape index (κ1) is 18.1. The third-order valence-electron chi connectivity index (χ3n) is 4.98. The number of fused-ring (bicyclic) bond motifs is 1. The summed E-state index contributed by atoms with van der Waals surface area (Å²) in [5.74, 6) is 0.876. The van der Waals surface area contributed by atoms with Crippen molar-refractivity contribution in [2.45, 2.75) is 52.1 Å². The quantitative estimate of drug-likeness (QED) is 0.904. The second-order valence-corrected chi connectivity index (χ2v) is 7.27. The van der Waals surface area contributed by atoms with E-state index < -0.39 is 0 Å². The Morgan fingerprint density at radius 3 is 2.88 bits per heavy atom. The van der Waals surface area contributed by atoms with E-state index in [1.54, 1.807) is 7.11 Å². The summed E-state index contributed by atoms with van der Waals surface area (Å²) < 4.78 is 5.24. The van der Waals surface area contributed by atoms with E-state index in [2.05, 4.69) is 49.2 Å². The Kier molecular flexibility index (Phi) is 5.86. The highest BCUT2D eigenvalue weighted by Gasteiger charge is 2.20. The van der Waals surface area contributed by atoms with Crippen LogP contribution in [0.15, 0.2) is 18.2 Å². The fourth-order valence-corrected chi connectivity index (χ4v) is 3.69. The molecule has 0 bridgehead atoms. The number of methoxy groups -OCH3 is 1. The Bertz CT molecular complexity index is 718. The molecule has 0 amide bonds. The smallest absolute Gasteiger partial charge is 0.226 e. The van der Waals surface area contributed by atoms with Gasteiger partial charge in [-0.1, -0.05) is 12.1 Å². The first-order chi connectivity index (χ1) is 12.1. The molecule has 2 atom stereocenters. The van der Waals surface area contributed by atoms with Gasteiger partial charge in [-0.15, -0.1) is 0 Å². The maximum absolute atomic E-state index is 5.24. The molecule has 1 saturated heterocycles. The van der Waals surface area contributed by atoms with Crippen LogP contribution in [0.1, 0.15) is 37.4 Å². The van der Waals surface area contributed by atoms with Gasteiger partial charge in [0.05, 0.1) is 17.8 Å². The largest absolute Gasteiger partial charge is 0.383 e. The maximum Gasteiger partial charge on any atom is 0.226 e. The number of aryl methyl sites for hydroxylation is 2. The third-order valence-corrected chi connectivity index (χ3v) is 4.98. The monoisotopic (exact) mass is 342 g/mol. The highest BCUT2D eigenvalue weighted by Crippen LogP contribution is 2.22. The van der Waals surface area contributed by atoms with Crippen LogP contribution in [0, 0.1) is 13.8 Å². The maximum atomic E-state index is 5.24. The summed E-state index contributed by atoms with van der Waals surface area (Å²) >= 11 is 0. The molecular formula is C20H30N4O. The lowest BCUT2D eigenvalue weighted by atomic mass is 10.1. The second-order valence-electron chi connectivity index (χ2n) is 7.27. The van der Waals surface area contributed by atoms with Gasteiger partial charge in [0.1, 0.15) is 0 Å². The standard InChI is InChI=1S/C20H30N4O/c1-14-7-8-18-16(3)22-20(23-19(18)12-14)24-10-5-6-17(9-11-24)21-15(2)13-25-4/h7-8,12,15,17,21H,5-6,9-11,13H2,1-4H3/t15-,17+/m1/s1. The predicted molar refractivity (Wildman–Crippen MR) is 103 cm³/mol. The van der Waals surface area contributed by atoms with Crippen molar-refractivity contribution in [3.63, 3.8) is 0 Å². The Hall–Kier alpha value is -1.72. The highest BCUT2D eigenvalue weighted by molar-refractivity contribution is 5.82. The molecule has 1 N–H and O–H groups in total. The van der Waals surface area contributed by atoms with Crippen molar-refractivity contribution in [3.8, 4) is 0 Å². The van der Waals surface area contributed by atoms with Crippen LogP contribution in [0.3, 0.4) is 0 Å². The molecule has 0 radical (unpaired) electrons. The summed E-state index contributed by atoms with van der Waals surface area (Å²) in [6.45, 7) is 9.15. The van der Waals surface area contributed by atoms with Crippen LogP contribution in [0.5, 0.6) is 0 Å². The van der Waals surface area contributed by atoms with Crippen molar-refractivity contribution in [2.24, 2.45) is 0 Å². The van der Waals surface area contributed by atoms with E-state index in [4.69, 9.17) is 14.7 Å². The first-order valence-electron chi connectivity index (χ1n) is 9.31. The van der Waals surface area contributed by atoms with Gasteiger partial charge in [-0.05, 0) is 51.7 Å². The fraction of sp³-hybridized carbons (Fsp3) is 0.600. The zero-order chi connectivity index (χ0) is 17.8. The zero-order valence-electron chi connectivity index (χ0n) is 15.9. The van der Waals surface area contributed by atoms with Gasteiger partial charge in [0.25, 0.3) is 0 Å². The average molecular weight is 342 g/mol. The van der Waals surface area contributed by atoms with E-state index in [1.807, 2.05) is 0 Å². The molecular weight excluding hydrogens is 312 g/mol. The Morgan fingerprint density at radius 2 is 2.08 bits per heavy atom. The number of nitrogens with one attached hydrogen (secondary N) is 1. The van der Waals surface area contributed by atoms with Crippen molar-refractivity contribution < 1.29 is 4.74 Å². The van der Waals surface area contributed by atoms with Gasteiger partial charge in [0.15, 0.2) is 0 Å². The third kappa shape index (κ3) is 4.47. The number of aromatic nitrogens is 2. The second kappa shape index (κ2) is 8.11. The van der Waals surface area contributed by atoms with E-state index in [9.17, 15) is 0 Å². The van der Waals surface area contributed by atoms with Crippen molar-refractivity contribution in [3.05, 3.63) is 29.5 Å². The molecule has 5 nitrogen and oxygen atoms in total. The number of anilines is 1. The summed E-state index contributed by atoms with van der Waals surface area (Å²) in [5.41, 5.74) is 3.35. The molecule has 5 heteroatoms. The molecule has 0 unspecified atom stereocenters. The molecule has 2 aromatic rings. The van der Waals surface area contributed by atoms with E-state index >= 15 is 0 Å². The van der Waals surface area contributed by atoms with Crippen LogP contribution >= 0.6 is 0 Å². The lowest BCUT2D eigenvalue weighted by molar-refractivity contribution is 0.165. The van der Waals surface area contributed by atoms with E-state index in [0.717, 1.165) is 55.1 Å². The molecule has 0 aliphatic carbocycles. The van der Waals surface area contributed by atoms with E-state index in [1.165, 1.54) is 12.0 Å². The number of hydrogen-bond donors (Lipinski definition) is 1. The number of hydrogen-bond acceptors (Lipinski definition) is 5. The van der Waals surface area contributed by atoms with Gasteiger partial charge in [-0.25, -0.2) is 9.97 Å². The molecule has 2 heterocycles. The highest BCUT2D eigenvalue weighted by atomic mass is 16.5. The van der Waals surface area contributed by atoms with Gasteiger partial charge in [-0.3, -0.25) is 0 Å². The average Bonchev–Trinajstić information content (AvgIpc) is 2.80. The first-order valence-corrected chi connectivity index (χ1v) is 9.31. The van der Waals surface area contributed by atoms with Gasteiger partial charge >= 0.3 is 0 Å². The SMILES string of the molecule is COC[C@@H](C)N[C@H]1CCCN(c2nc(C)c3ccc(C)cc3n2)CC1. The molecule has 0 saturated carbocycles. The lowest BCUT2D eigenvalue weighted by Crippen LogP contribution is -2.39. The fourth-order valence-electron chi connectivity index (χ4n) is 3.69. The molecule has 25 heavy (non-hydrogen) atoms. The van der Waals surface area contributed by atoms with Gasteiger partial charge in [-0.2, -0.15) is 0 Å². The number of benzene rings is 1. The van der Waals surface area contributed by atoms with Crippen molar-refractivity contribution >= 4 is 16.9 Å². The molecule has 1 aliphatic rings. The van der Waals surface area contributed by atoms with Crippen molar-refractivity contribution in [1.82, 2.24) is 15.3 Å². The summed E-state index contributed by atoms with van der Waals surface area (Å²) in [6.07, 6.45) is 3.46. The number of ether oxygens (including phenoxy) is 1. The Balaban J connectivity index is 1.73. The summed E-state index contributed by atoms with van der Waals surface area (Å²) in [7, 11) is 1.76. The van der Waals surface area contributed by atoms with Crippen molar-refractivity contribution in [2.75, 3.05) is 31.7 Å². The normalized spacial score (nSPS) is 19.8.